The van der Waals surface area contributed by atoms with Gasteiger partial charge in [-0.3, -0.25) is 0 Å². The summed E-state index contributed by atoms with van der Waals surface area (Å²) in [7, 11) is 1.58. The Morgan fingerprint density at radius 1 is 0.262 bits per heavy atom. The summed E-state index contributed by atoms with van der Waals surface area (Å²) >= 11 is 32.7. The molecular weight excluding hydrogens is 1680 g/mol. The summed E-state index contributed by atoms with van der Waals surface area (Å²) in [6.07, 6.45) is 1.69. The van der Waals surface area contributed by atoms with Crippen molar-refractivity contribution < 1.29 is 17.9 Å². The Hall–Kier alpha value is -5.57. The highest BCUT2D eigenvalue weighted by Crippen LogP contribution is 2.44. The number of pyridine rings is 1. The molecule has 0 N–H and O–H groups in total. The van der Waals surface area contributed by atoms with Crippen molar-refractivity contribution >= 4 is 69.3 Å². The van der Waals surface area contributed by atoms with Crippen LogP contribution in [-0.2, 0) is 0 Å². The van der Waals surface area contributed by atoms with E-state index in [1.54, 1.807) is 54.1 Å². The molecule has 0 unspecified atom stereocenters. The van der Waals surface area contributed by atoms with Gasteiger partial charge in [-0.2, -0.15) is 0 Å². The average Bonchev–Trinajstić information content (AvgIpc) is 1.14. The van der Waals surface area contributed by atoms with Gasteiger partial charge in [-0.1, -0.05) is 379 Å². The van der Waals surface area contributed by atoms with Gasteiger partial charge in [0.05, 0.1) is 7.11 Å². The van der Waals surface area contributed by atoms with E-state index in [2.05, 4.69) is 311 Å². The highest BCUT2D eigenvalue weighted by Gasteiger charge is 2.25. The van der Waals surface area contributed by atoms with Crippen LogP contribution in [0.3, 0.4) is 0 Å². The van der Waals surface area contributed by atoms with Crippen molar-refractivity contribution in [3.63, 3.8) is 0 Å². The molecule has 9 rings (SSSR count). The van der Waals surface area contributed by atoms with Crippen molar-refractivity contribution in [2.75, 3.05) is 7.11 Å². The van der Waals surface area contributed by atoms with E-state index in [4.69, 9.17) is 62.7 Å². The number of rotatable bonds is 23. The van der Waals surface area contributed by atoms with E-state index in [0.29, 0.717) is 122 Å². The highest BCUT2D eigenvalue weighted by atomic mass is 35.5. The second-order valence-electron chi connectivity index (χ2n) is 40.9. The van der Waals surface area contributed by atoms with Gasteiger partial charge in [-0.15, -0.1) is 11.3 Å². The van der Waals surface area contributed by atoms with Crippen molar-refractivity contribution in [3.05, 3.63) is 273 Å². The van der Waals surface area contributed by atoms with Crippen LogP contribution in [0, 0.1) is 17.5 Å². The summed E-state index contributed by atoms with van der Waals surface area (Å²) in [6.45, 7) is 92.0. The number of methoxy groups -OCH3 is 1. The van der Waals surface area contributed by atoms with Crippen LogP contribution in [0.4, 0.5) is 13.2 Å². The minimum absolute atomic E-state index is 0.00519. The molecule has 2 heterocycles. The largest absolute Gasteiger partial charge is 0.481 e. The van der Waals surface area contributed by atoms with Crippen LogP contribution in [0.2, 0.25) is 25.1 Å². The topological polar surface area (TPSA) is 22.1 Å². The zero-order chi connectivity index (χ0) is 97.2. The number of ether oxygens (including phenoxy) is 1. The number of hydrogen-bond donors (Lipinski definition) is 0. The van der Waals surface area contributed by atoms with Gasteiger partial charge in [0.15, 0.2) is 0 Å². The molecule has 0 bridgehead atoms. The highest BCUT2D eigenvalue weighted by molar-refractivity contribution is 7.12. The molecule has 0 saturated heterocycles. The first kappa shape index (κ1) is 116. The first-order valence-corrected chi connectivity index (χ1v) is 50.0. The lowest BCUT2D eigenvalue weighted by molar-refractivity contribution is 0.398. The fraction of sp³-hybridized carbons (Fsp3) is 0.557. The Morgan fingerprint density at radius 3 is 0.889 bits per heavy atom. The number of thiophene rings is 1. The minimum Gasteiger partial charge on any atom is -0.481 e. The monoisotopic (exact) mass is 1840 g/mol. The second-order valence-corrected chi connectivity index (χ2v) is 44.2. The standard InChI is InChI=1S/C18H22FNO.3C15H23Cl.2C15H23F.C13H22S.C9H10Cl2/c1-11(2)15-9-14(19)10-16(18(15)12(3)4)13-6-7-20-17(8-13)21-5;1-9(2)13-7-12(16)8-14(10(3)4)15(13)11(5)6;1-9(2)12-7-13(10(3)4)15(16)14(8-12)11(5)6;1-9(2)12-7-8-13(16)15(11(5)6)14(12)10(3)4;1-9(2)13-7-12(16)8-14(10(3)4)15(13)11(5)6;1-9(2)12-7-13(10(3)4)15(16)14(8-12)11(5)6;1-8(2)11-7-12(9(3)4)14-13(11)10(5)6;1-6(2)7-3-8(10)5-9(11)4-7/h6-12H,1-5H3;5*7-11H,1-6H3;7-10H,1-6H3;3-6H,1-2H3. The van der Waals surface area contributed by atoms with Crippen molar-refractivity contribution in [3.8, 4) is 17.0 Å². The molecule has 0 saturated carbocycles. The third-order valence-corrected chi connectivity index (χ3v) is 26.1. The molecule has 126 heavy (non-hydrogen) atoms. The zero-order valence-corrected chi connectivity index (χ0v) is 91.0. The molecule has 0 radical (unpaired) electrons. The van der Waals surface area contributed by atoms with Gasteiger partial charge in [0.25, 0.3) is 0 Å². The van der Waals surface area contributed by atoms with Gasteiger partial charge >= 0.3 is 0 Å². The smallest absolute Gasteiger partial charge is 0.213 e. The van der Waals surface area contributed by atoms with Crippen molar-refractivity contribution in [2.45, 2.75) is 415 Å². The fourth-order valence-electron chi connectivity index (χ4n) is 15.9. The van der Waals surface area contributed by atoms with Crippen LogP contribution in [0.5, 0.6) is 5.88 Å². The van der Waals surface area contributed by atoms with E-state index in [1.807, 2.05) is 75.4 Å². The molecule has 0 aliphatic rings. The van der Waals surface area contributed by atoms with Gasteiger partial charge in [0.2, 0.25) is 5.88 Å². The quantitative estimate of drug-likeness (QED) is 0.0637. The van der Waals surface area contributed by atoms with Crippen LogP contribution < -0.4 is 4.74 Å². The number of aromatic nitrogens is 1. The molecule has 0 atom stereocenters. The molecule has 0 spiro atoms. The molecule has 2 aromatic heterocycles. The molecule has 2 nitrogen and oxygen atoms in total. The lowest BCUT2D eigenvalue weighted by atomic mass is 9.83. The average molecular weight is 1850 g/mol. The Morgan fingerprint density at radius 2 is 0.579 bits per heavy atom. The summed E-state index contributed by atoms with van der Waals surface area (Å²) in [6, 6.07) is 35.5. The van der Waals surface area contributed by atoms with Gasteiger partial charge in [0, 0.05) is 47.1 Å². The molecular formula is C115H169Cl5F3NOS. The third kappa shape index (κ3) is 35.2. The van der Waals surface area contributed by atoms with Crippen molar-refractivity contribution in [1.82, 2.24) is 4.98 Å². The Kier molecular flexibility index (Phi) is 50.3. The normalized spacial score (nSPS) is 11.7. The predicted octanol–water partition coefficient (Wildman–Crippen LogP) is 41.9. The first-order valence-electron chi connectivity index (χ1n) is 47.3. The summed E-state index contributed by atoms with van der Waals surface area (Å²) < 4.78 is 47.0. The maximum absolute atomic E-state index is 14.2. The Balaban J connectivity index is 0.000000490. The van der Waals surface area contributed by atoms with Crippen molar-refractivity contribution in [2.24, 2.45) is 0 Å². The fourth-order valence-corrected chi connectivity index (χ4v) is 18.9. The van der Waals surface area contributed by atoms with E-state index < -0.39 is 0 Å². The van der Waals surface area contributed by atoms with Gasteiger partial charge in [-0.25, -0.2) is 18.2 Å². The van der Waals surface area contributed by atoms with E-state index in [-0.39, 0.29) is 35.2 Å². The van der Waals surface area contributed by atoms with Gasteiger partial charge in [-0.05, 0) is 314 Å². The lowest BCUT2D eigenvalue weighted by Gasteiger charge is -2.23. The number of hydrogen-bond acceptors (Lipinski definition) is 3. The van der Waals surface area contributed by atoms with E-state index in [0.717, 1.165) is 42.9 Å². The van der Waals surface area contributed by atoms with Crippen LogP contribution in [-0.4, -0.2) is 12.1 Å². The molecule has 702 valence electrons. The maximum Gasteiger partial charge on any atom is 0.213 e. The molecule has 0 aliphatic carbocycles. The number of nitrogens with zero attached hydrogens (tertiary/aromatic N) is 1. The maximum atomic E-state index is 14.2. The Bertz CT molecular complexity index is 4480. The minimum atomic E-state index is -0.200. The third-order valence-electron chi connectivity index (χ3n) is 22.9. The van der Waals surface area contributed by atoms with Crippen LogP contribution in [0.25, 0.3) is 11.1 Å². The zero-order valence-electron chi connectivity index (χ0n) is 86.4. The summed E-state index contributed by atoms with van der Waals surface area (Å²) in [5, 5.41) is 4.18. The van der Waals surface area contributed by atoms with E-state index in [1.165, 1.54) is 88.3 Å². The van der Waals surface area contributed by atoms with E-state index in [9.17, 15) is 13.2 Å². The second kappa shape index (κ2) is 54.4. The van der Waals surface area contributed by atoms with Gasteiger partial charge < -0.3 is 4.74 Å². The number of benzene rings is 7. The summed E-state index contributed by atoms with van der Waals surface area (Å²) in [5.74, 6) is 10.2. The van der Waals surface area contributed by atoms with Gasteiger partial charge in [0.1, 0.15) is 17.5 Å². The first-order chi connectivity index (χ1) is 58.2. The molecule has 0 fully saturated rings. The molecule has 7 aromatic carbocycles. The van der Waals surface area contributed by atoms with Crippen molar-refractivity contribution in [1.29, 1.82) is 0 Å². The summed E-state index contributed by atoms with van der Waals surface area (Å²) in [5.41, 5.74) is 26.0. The van der Waals surface area contributed by atoms with Crippen LogP contribution in [0.1, 0.15) is 531 Å². The predicted molar refractivity (Wildman–Crippen MR) is 560 cm³/mol. The van der Waals surface area contributed by atoms with Crippen LogP contribution in [0.15, 0.2) is 115 Å². The molecule has 0 amide bonds. The number of halogens is 8. The molecule has 0 aliphatic heterocycles. The summed E-state index contributed by atoms with van der Waals surface area (Å²) in [4.78, 5) is 7.25. The lowest BCUT2D eigenvalue weighted by Crippen LogP contribution is -2.06. The van der Waals surface area contributed by atoms with E-state index >= 15 is 0 Å². The van der Waals surface area contributed by atoms with Crippen LogP contribution >= 0.6 is 69.3 Å². The SMILES string of the molecule is CC(C)c1cc(C(C)C)c(C(C)C)s1.CC(C)c1cc(C(C)C)c(Cl)c(C(C)C)c1.CC(C)c1cc(C(C)C)c(F)c(C(C)C)c1.CC(C)c1cc(Cl)cc(C(C)C)c1C(C)C.CC(C)c1cc(Cl)cc(Cl)c1.CC(C)c1cc(F)cc(C(C)C)c1C(C)C.CC(C)c1ccc(Cl)c(C(C)C)c1C(C)C.COc1cc(-c2cc(F)cc(C(C)C)c2C(C)C)ccn1. The Labute approximate surface area is 798 Å². The molecule has 9 aromatic rings. The molecule has 11 heteroatoms.